The van der Waals surface area contributed by atoms with E-state index < -0.39 is 24.6 Å². The van der Waals surface area contributed by atoms with Crippen LogP contribution in [0.2, 0.25) is 0 Å². The monoisotopic (exact) mass is 304 g/mol. The Morgan fingerprint density at radius 2 is 1.77 bits per heavy atom. The first-order valence-electron chi connectivity index (χ1n) is 6.54. The molecule has 0 saturated carbocycles. The Bertz CT molecular complexity index is 583. The quantitative estimate of drug-likeness (QED) is 0.661. The van der Waals surface area contributed by atoms with Crippen LogP contribution in [0.4, 0.5) is 9.59 Å². The lowest BCUT2D eigenvalue weighted by Gasteiger charge is -2.23. The van der Waals surface area contributed by atoms with Crippen LogP contribution in [0.5, 0.6) is 0 Å². The number of rotatable bonds is 5. The smallest absolute Gasteiger partial charge is 0.415 e. The summed E-state index contributed by atoms with van der Waals surface area (Å²) in [6, 6.07) is 7.83. The topological polar surface area (TPSA) is 95.0 Å². The Labute approximate surface area is 127 Å². The Kier molecular flexibility index (Phi) is 6.49. The molecule has 4 amide bonds. The van der Waals surface area contributed by atoms with Crippen molar-refractivity contribution in [1.82, 2.24) is 9.80 Å². The van der Waals surface area contributed by atoms with Gasteiger partial charge in [0.1, 0.15) is 6.29 Å². The maximum absolute atomic E-state index is 12.0. The zero-order chi connectivity index (χ0) is 16.5. The van der Waals surface area contributed by atoms with Crippen LogP contribution in [0.1, 0.15) is 12.5 Å². The van der Waals surface area contributed by atoms with E-state index >= 15 is 0 Å². The average molecular weight is 304 g/mol. The molecule has 7 nitrogen and oxygen atoms in total. The summed E-state index contributed by atoms with van der Waals surface area (Å²) in [6.07, 6.45) is 1.47. The fourth-order valence-electron chi connectivity index (χ4n) is 1.66. The number of urea groups is 1. The Hall–Kier alpha value is -2.96. The molecule has 1 rings (SSSR count). The number of aldehydes is 1. The second kappa shape index (κ2) is 8.35. The average Bonchev–Trinajstić information content (AvgIpc) is 2.51. The molecule has 0 saturated heterocycles. The van der Waals surface area contributed by atoms with Crippen molar-refractivity contribution in [2.24, 2.45) is 0 Å². The molecular weight excluding hydrogens is 288 g/mol. The van der Waals surface area contributed by atoms with E-state index in [0.29, 0.717) is 16.1 Å². The lowest BCUT2D eigenvalue weighted by atomic mass is 10.2. The van der Waals surface area contributed by atoms with Gasteiger partial charge in [0.05, 0.1) is 6.54 Å². The Morgan fingerprint density at radius 1 is 1.14 bits per heavy atom. The van der Waals surface area contributed by atoms with Crippen molar-refractivity contribution in [2.45, 2.75) is 6.92 Å². The first-order chi connectivity index (χ1) is 10.5. The van der Waals surface area contributed by atoms with Crippen LogP contribution < -0.4 is 0 Å². The Balaban J connectivity index is 2.92. The molecule has 0 heterocycles. The van der Waals surface area contributed by atoms with Gasteiger partial charge in [-0.3, -0.25) is 9.69 Å². The third-order valence-electron chi connectivity index (χ3n) is 2.75. The second-order valence-corrected chi connectivity index (χ2v) is 4.17. The molecule has 0 aromatic heterocycles. The zero-order valence-corrected chi connectivity index (χ0v) is 12.0. The largest absolute Gasteiger partial charge is 0.465 e. The minimum atomic E-state index is -1.48. The molecule has 0 aliphatic rings. The van der Waals surface area contributed by atoms with Gasteiger partial charge in [0, 0.05) is 12.6 Å². The van der Waals surface area contributed by atoms with Crippen LogP contribution in [0, 0.1) is 0 Å². The summed E-state index contributed by atoms with van der Waals surface area (Å²) < 4.78 is 0. The van der Waals surface area contributed by atoms with Gasteiger partial charge in [-0.15, -0.1) is 0 Å². The molecule has 0 aliphatic heterocycles. The maximum Gasteiger partial charge on any atom is 0.415 e. The highest BCUT2D eigenvalue weighted by Crippen LogP contribution is 2.05. The van der Waals surface area contributed by atoms with Crippen LogP contribution in [0.15, 0.2) is 36.4 Å². The third kappa shape index (κ3) is 4.55. The fourth-order valence-corrected chi connectivity index (χ4v) is 1.66. The van der Waals surface area contributed by atoms with Crippen LogP contribution in [-0.4, -0.2) is 52.3 Å². The maximum atomic E-state index is 12.0. The van der Waals surface area contributed by atoms with E-state index in [2.05, 4.69) is 0 Å². The van der Waals surface area contributed by atoms with E-state index in [-0.39, 0.29) is 6.54 Å². The van der Waals surface area contributed by atoms with Crippen LogP contribution >= 0.6 is 0 Å². The molecule has 116 valence electrons. The predicted octanol–water partition coefficient (Wildman–Crippen LogP) is 1.85. The molecule has 22 heavy (non-hydrogen) atoms. The molecule has 1 aromatic carbocycles. The van der Waals surface area contributed by atoms with Crippen molar-refractivity contribution in [2.75, 3.05) is 13.1 Å². The van der Waals surface area contributed by atoms with Crippen LogP contribution in [0.3, 0.4) is 0 Å². The SMILES string of the molecule is CCN(C(=O)O)C(=O)N(CC=O)C(=O)C=Cc1ccccc1. The van der Waals surface area contributed by atoms with E-state index in [0.717, 1.165) is 11.6 Å². The van der Waals surface area contributed by atoms with E-state index in [1.54, 1.807) is 24.3 Å². The summed E-state index contributed by atoms with van der Waals surface area (Å²) in [7, 11) is 0. The molecule has 0 bridgehead atoms. The number of nitrogens with zero attached hydrogens (tertiary/aromatic N) is 2. The summed E-state index contributed by atoms with van der Waals surface area (Å²) in [5.74, 6) is -0.763. The van der Waals surface area contributed by atoms with Crippen molar-refractivity contribution in [3.8, 4) is 0 Å². The van der Waals surface area contributed by atoms with E-state index in [4.69, 9.17) is 5.11 Å². The second-order valence-electron chi connectivity index (χ2n) is 4.17. The molecule has 0 spiro atoms. The normalized spacial score (nSPS) is 10.2. The van der Waals surface area contributed by atoms with Gasteiger partial charge in [0.25, 0.3) is 5.91 Å². The Morgan fingerprint density at radius 3 is 2.27 bits per heavy atom. The first-order valence-corrected chi connectivity index (χ1v) is 6.54. The molecule has 0 atom stereocenters. The van der Waals surface area contributed by atoms with Crippen molar-refractivity contribution in [3.63, 3.8) is 0 Å². The number of carbonyl (C=O) groups is 4. The van der Waals surface area contributed by atoms with Crippen molar-refractivity contribution < 1.29 is 24.3 Å². The van der Waals surface area contributed by atoms with Gasteiger partial charge >= 0.3 is 12.1 Å². The number of hydrogen-bond donors (Lipinski definition) is 1. The number of carbonyl (C=O) groups excluding carboxylic acids is 3. The minimum absolute atomic E-state index is 0.126. The van der Waals surface area contributed by atoms with Crippen molar-refractivity contribution in [3.05, 3.63) is 42.0 Å². The fraction of sp³-hybridized carbons (Fsp3) is 0.200. The van der Waals surface area contributed by atoms with Gasteiger partial charge in [-0.1, -0.05) is 30.3 Å². The minimum Gasteiger partial charge on any atom is -0.465 e. The molecule has 1 aromatic rings. The van der Waals surface area contributed by atoms with E-state index in [1.807, 2.05) is 6.07 Å². The highest BCUT2D eigenvalue weighted by molar-refractivity contribution is 6.06. The molecule has 0 radical (unpaired) electrons. The molecular formula is C15H16N2O5. The number of benzene rings is 1. The summed E-state index contributed by atoms with van der Waals surface area (Å²) in [4.78, 5) is 46.7. The summed E-state index contributed by atoms with van der Waals surface area (Å²) in [5.41, 5.74) is 0.736. The van der Waals surface area contributed by atoms with Gasteiger partial charge in [0.15, 0.2) is 0 Å². The van der Waals surface area contributed by atoms with Crippen molar-refractivity contribution >= 4 is 30.4 Å². The van der Waals surface area contributed by atoms with Gasteiger partial charge in [0.2, 0.25) is 0 Å². The number of amides is 4. The van der Waals surface area contributed by atoms with Crippen LogP contribution in [-0.2, 0) is 9.59 Å². The third-order valence-corrected chi connectivity index (χ3v) is 2.75. The van der Waals surface area contributed by atoms with Gasteiger partial charge in [-0.05, 0) is 18.6 Å². The van der Waals surface area contributed by atoms with E-state index in [1.165, 1.54) is 13.0 Å². The molecule has 0 fully saturated rings. The molecule has 0 unspecified atom stereocenters. The predicted molar refractivity (Wildman–Crippen MR) is 79.1 cm³/mol. The number of hydrogen-bond acceptors (Lipinski definition) is 4. The van der Waals surface area contributed by atoms with Crippen LogP contribution in [0.25, 0.3) is 6.08 Å². The van der Waals surface area contributed by atoms with Gasteiger partial charge in [-0.25, -0.2) is 14.5 Å². The lowest BCUT2D eigenvalue weighted by Crippen LogP contribution is -2.48. The highest BCUT2D eigenvalue weighted by atomic mass is 16.4. The summed E-state index contributed by atoms with van der Waals surface area (Å²) >= 11 is 0. The zero-order valence-electron chi connectivity index (χ0n) is 12.0. The molecule has 1 N–H and O–H groups in total. The van der Waals surface area contributed by atoms with E-state index in [9.17, 15) is 19.2 Å². The number of imide groups is 2. The molecule has 7 heteroatoms. The lowest BCUT2D eigenvalue weighted by molar-refractivity contribution is -0.125. The van der Waals surface area contributed by atoms with Crippen molar-refractivity contribution in [1.29, 1.82) is 0 Å². The summed E-state index contributed by atoms with van der Waals surface area (Å²) in [5, 5.41) is 8.91. The number of carboxylic acid groups (broad SMARTS) is 1. The summed E-state index contributed by atoms with van der Waals surface area (Å²) in [6.45, 7) is 0.815. The molecule has 0 aliphatic carbocycles. The first kappa shape index (κ1) is 17.1. The standard InChI is InChI=1S/C15H16N2O5/c1-2-16(15(21)22)14(20)17(10-11-18)13(19)9-8-12-6-4-3-5-7-12/h3-9,11H,2,10H2,1H3,(H,21,22). The highest BCUT2D eigenvalue weighted by Gasteiger charge is 2.27. The van der Waals surface area contributed by atoms with Gasteiger partial charge in [-0.2, -0.15) is 0 Å². The van der Waals surface area contributed by atoms with Gasteiger partial charge < -0.3 is 9.90 Å².